The minimum absolute atomic E-state index is 0.00915. The molecule has 68 heavy (non-hydrogen) atoms. The number of aryl methyl sites for hydroxylation is 1. The Hall–Kier alpha value is -7.00. The minimum Gasteiger partial charge on any atom is -0.479 e. The highest BCUT2D eigenvalue weighted by Crippen LogP contribution is 2.46. The summed E-state index contributed by atoms with van der Waals surface area (Å²) < 4.78 is 37.6. The first kappa shape index (κ1) is 47.5. The number of anilines is 3. The predicted octanol–water partition coefficient (Wildman–Crippen LogP) is 7.36. The summed E-state index contributed by atoms with van der Waals surface area (Å²) in [5.41, 5.74) is 4.30. The standard InChI is InChI=1S/C47H46ClN7O11S2/c1-47(2)23-33(49-32-9-5-7-29(21-32)41-39(48)40(66-24-38(57)58)42(67-41)44(60)61)18-19-54(47)68(64,65)25-26-6-4-8-31(20-26)51-45(62)50-30-13-10-27(11-14-30)28-12-15-34-36(22-28)53(3)46(63)55(34)35-16-17-37(56)52-43(35)59/h4-15,20-22,33,35,49H,16-19,23-25H2,1-3H3,(H,57,58)(H,60,61)(H2,50,51,62)(H,52,56,59)/t33-,35?/m0/s1. The van der Waals surface area contributed by atoms with Crippen molar-refractivity contribution in [2.45, 2.75) is 62.9 Å². The molecule has 0 aliphatic carbocycles. The van der Waals surface area contributed by atoms with E-state index < -0.39 is 52.1 Å². The maximum atomic E-state index is 14.0. The Kier molecular flexibility index (Phi) is 13.2. The molecule has 0 saturated carbocycles. The van der Waals surface area contributed by atoms with E-state index in [9.17, 15) is 42.3 Å². The first-order chi connectivity index (χ1) is 32.3. The molecule has 21 heteroatoms. The third-order valence-corrected chi connectivity index (χ3v) is 15.6. The first-order valence-electron chi connectivity index (χ1n) is 21.4. The van der Waals surface area contributed by atoms with Crippen LogP contribution in [0.4, 0.5) is 21.9 Å². The number of fused-ring (bicyclic) bond motifs is 1. The largest absolute Gasteiger partial charge is 0.479 e. The number of carbonyl (C=O) groups is 5. The molecule has 2 aliphatic rings. The molecule has 8 rings (SSSR count). The zero-order valence-electron chi connectivity index (χ0n) is 36.9. The van der Waals surface area contributed by atoms with E-state index in [1.54, 1.807) is 67.7 Å². The van der Waals surface area contributed by atoms with Crippen LogP contribution < -0.4 is 31.7 Å². The van der Waals surface area contributed by atoms with E-state index in [-0.39, 0.29) is 58.4 Å². The van der Waals surface area contributed by atoms with Crippen LogP contribution in [0, 0.1) is 0 Å². The summed E-state index contributed by atoms with van der Waals surface area (Å²) in [6.45, 7) is 3.22. The van der Waals surface area contributed by atoms with Gasteiger partial charge in [0.2, 0.25) is 21.8 Å². The molecule has 4 aromatic carbocycles. The van der Waals surface area contributed by atoms with Crippen molar-refractivity contribution in [3.8, 4) is 27.3 Å². The maximum absolute atomic E-state index is 14.0. The lowest BCUT2D eigenvalue weighted by atomic mass is 9.89. The van der Waals surface area contributed by atoms with Crippen LogP contribution in [0.15, 0.2) is 95.8 Å². The van der Waals surface area contributed by atoms with Gasteiger partial charge in [-0.1, -0.05) is 54.1 Å². The Balaban J connectivity index is 0.871. The number of benzene rings is 4. The fourth-order valence-electron chi connectivity index (χ4n) is 8.83. The lowest BCUT2D eigenvalue weighted by Gasteiger charge is -2.45. The summed E-state index contributed by atoms with van der Waals surface area (Å²) in [4.78, 5) is 73.8. The van der Waals surface area contributed by atoms with E-state index in [0.29, 0.717) is 56.9 Å². The van der Waals surface area contributed by atoms with Crippen molar-refractivity contribution in [2.24, 2.45) is 7.05 Å². The number of piperidine rings is 2. The molecular weight excluding hydrogens is 938 g/mol. The normalized spacial score (nSPS) is 17.4. The van der Waals surface area contributed by atoms with Crippen LogP contribution in [0.2, 0.25) is 5.02 Å². The van der Waals surface area contributed by atoms with E-state index in [0.717, 1.165) is 22.5 Å². The van der Waals surface area contributed by atoms with Gasteiger partial charge in [-0.25, -0.2) is 27.6 Å². The molecule has 0 radical (unpaired) electrons. The Bertz CT molecular complexity index is 3180. The molecule has 0 bridgehead atoms. The number of amides is 4. The van der Waals surface area contributed by atoms with Crippen LogP contribution in [-0.2, 0) is 37.2 Å². The second kappa shape index (κ2) is 18.9. The Morgan fingerprint density at radius 1 is 0.868 bits per heavy atom. The van der Waals surface area contributed by atoms with E-state index in [2.05, 4.69) is 21.3 Å². The smallest absolute Gasteiger partial charge is 0.349 e. The fourth-order valence-corrected chi connectivity index (χ4v) is 12.2. The second-order valence-electron chi connectivity index (χ2n) is 17.2. The monoisotopic (exact) mass is 983 g/mol. The van der Waals surface area contributed by atoms with Crippen LogP contribution in [0.3, 0.4) is 0 Å². The van der Waals surface area contributed by atoms with Gasteiger partial charge in [0.25, 0.3) is 0 Å². The second-order valence-corrected chi connectivity index (χ2v) is 20.5. The molecule has 2 atom stereocenters. The number of rotatable bonds is 14. The first-order valence-corrected chi connectivity index (χ1v) is 24.2. The maximum Gasteiger partial charge on any atom is 0.349 e. The number of hydrogen-bond donors (Lipinski definition) is 6. The lowest BCUT2D eigenvalue weighted by Crippen LogP contribution is -2.55. The predicted molar refractivity (Wildman–Crippen MR) is 258 cm³/mol. The van der Waals surface area contributed by atoms with Crippen LogP contribution in [0.1, 0.15) is 60.8 Å². The van der Waals surface area contributed by atoms with Crippen LogP contribution in [-0.4, -0.2) is 86.6 Å². The van der Waals surface area contributed by atoms with E-state index >= 15 is 0 Å². The van der Waals surface area contributed by atoms with Gasteiger partial charge in [-0.2, -0.15) is 4.31 Å². The van der Waals surface area contributed by atoms with Crippen LogP contribution in [0.5, 0.6) is 5.75 Å². The van der Waals surface area contributed by atoms with Crippen molar-refractivity contribution in [3.05, 3.63) is 117 Å². The quantitative estimate of drug-likeness (QED) is 0.0587. The van der Waals surface area contributed by atoms with E-state index in [1.165, 1.54) is 13.4 Å². The van der Waals surface area contributed by atoms with Crippen molar-refractivity contribution in [3.63, 3.8) is 0 Å². The third kappa shape index (κ3) is 9.98. The number of imide groups is 1. The average molecular weight is 985 g/mol. The summed E-state index contributed by atoms with van der Waals surface area (Å²) in [7, 11) is -2.20. The number of thiophene rings is 1. The molecule has 0 spiro atoms. The highest BCUT2D eigenvalue weighted by atomic mass is 35.5. The molecule has 18 nitrogen and oxygen atoms in total. The number of nitrogens with one attached hydrogen (secondary N) is 4. The topological polar surface area (TPSA) is 247 Å². The zero-order chi connectivity index (χ0) is 48.7. The molecule has 6 N–H and O–H groups in total. The van der Waals surface area contributed by atoms with Gasteiger partial charge in [-0.05, 0) is 104 Å². The summed E-state index contributed by atoms with van der Waals surface area (Å²) in [6.07, 6.45) is 1.33. The number of ether oxygens (including phenoxy) is 1. The number of carboxylic acid groups (broad SMARTS) is 2. The Labute approximate surface area is 398 Å². The van der Waals surface area contributed by atoms with E-state index in [4.69, 9.17) is 21.4 Å². The number of hydrogen-bond acceptors (Lipinski definition) is 11. The molecule has 354 valence electrons. The molecule has 2 fully saturated rings. The van der Waals surface area contributed by atoms with Gasteiger partial charge >= 0.3 is 23.7 Å². The fraction of sp³-hybridized carbons (Fsp3) is 0.277. The average Bonchev–Trinajstić information content (AvgIpc) is 3.74. The van der Waals surface area contributed by atoms with Gasteiger partial charge in [0, 0.05) is 48.7 Å². The van der Waals surface area contributed by atoms with E-state index in [1.807, 2.05) is 44.2 Å². The number of urea groups is 1. The molecule has 4 heterocycles. The van der Waals surface area contributed by atoms with Gasteiger partial charge in [-0.15, -0.1) is 11.3 Å². The minimum atomic E-state index is -3.83. The molecule has 2 aliphatic heterocycles. The third-order valence-electron chi connectivity index (χ3n) is 11.9. The summed E-state index contributed by atoms with van der Waals surface area (Å²) in [5.74, 6) is -3.96. The molecule has 4 amide bonds. The number of carboxylic acids is 2. The Morgan fingerprint density at radius 2 is 1.57 bits per heavy atom. The van der Waals surface area contributed by atoms with Crippen molar-refractivity contribution in [1.29, 1.82) is 0 Å². The molecule has 1 unspecified atom stereocenters. The van der Waals surface area contributed by atoms with Crippen LogP contribution >= 0.6 is 22.9 Å². The van der Waals surface area contributed by atoms with Crippen LogP contribution in [0.25, 0.3) is 32.6 Å². The number of nitrogens with zero attached hydrogens (tertiary/aromatic N) is 3. The van der Waals surface area contributed by atoms with Crippen molar-refractivity contribution >= 4 is 90.8 Å². The Morgan fingerprint density at radius 3 is 2.28 bits per heavy atom. The van der Waals surface area contributed by atoms with Crippen molar-refractivity contribution < 1.29 is 47.3 Å². The molecule has 2 aromatic heterocycles. The SMILES string of the molecule is Cn1c(=O)n(C2CCC(=O)NC2=O)c2ccc(-c3ccc(NC(=O)Nc4cccc(CS(=O)(=O)N5CC[C@H](Nc6cccc(-c7sc(C(=O)O)c(OCC(=O)O)c7Cl)c6)CC5(C)C)c4)cc3)cc21. The number of aromatic nitrogens is 2. The van der Waals surface area contributed by atoms with Crippen molar-refractivity contribution in [2.75, 3.05) is 29.1 Å². The molecule has 2 saturated heterocycles. The van der Waals surface area contributed by atoms with Gasteiger partial charge < -0.3 is 30.9 Å². The zero-order valence-corrected chi connectivity index (χ0v) is 39.3. The summed E-state index contributed by atoms with van der Waals surface area (Å²) >= 11 is 7.39. The van der Waals surface area contributed by atoms with Crippen molar-refractivity contribution in [1.82, 2.24) is 18.8 Å². The van der Waals surface area contributed by atoms with Gasteiger partial charge in [0.05, 0.1) is 21.7 Å². The summed E-state index contributed by atoms with van der Waals surface area (Å²) in [6, 6.07) is 24.9. The lowest BCUT2D eigenvalue weighted by molar-refractivity contribution is -0.139. The number of aromatic carboxylic acids is 1. The molecular formula is C47H46ClN7O11S2. The highest BCUT2D eigenvalue weighted by Gasteiger charge is 2.41. The van der Waals surface area contributed by atoms with Gasteiger partial charge in [0.1, 0.15) is 11.1 Å². The highest BCUT2D eigenvalue weighted by molar-refractivity contribution is 7.88. The number of imidazole rings is 1. The summed E-state index contributed by atoms with van der Waals surface area (Å²) in [5, 5.41) is 30.1. The number of halogens is 1. The van der Waals surface area contributed by atoms with Gasteiger partial charge in [-0.3, -0.25) is 24.0 Å². The number of sulfonamides is 1. The number of aliphatic carboxylic acids is 1. The molecule has 6 aromatic rings. The number of carbonyl (C=O) groups excluding carboxylic acids is 3. The van der Waals surface area contributed by atoms with Gasteiger partial charge in [0.15, 0.2) is 17.2 Å².